The first kappa shape index (κ1) is 14.0. The number of nitrogens with one attached hydrogen (secondary N) is 1. The Morgan fingerprint density at radius 3 is 2.31 bits per heavy atom. The zero-order valence-corrected chi connectivity index (χ0v) is 11.5. The van der Waals surface area contributed by atoms with Crippen molar-refractivity contribution in [3.05, 3.63) is 0 Å². The van der Waals surface area contributed by atoms with Gasteiger partial charge in [0.05, 0.1) is 0 Å². The van der Waals surface area contributed by atoms with Crippen molar-refractivity contribution in [1.82, 2.24) is 10.2 Å². The summed E-state index contributed by atoms with van der Waals surface area (Å²) in [5.74, 6) is 0. The third-order valence-corrected chi connectivity index (χ3v) is 4.25. The van der Waals surface area contributed by atoms with Crippen LogP contribution in [0.25, 0.3) is 0 Å². The molecule has 0 unspecified atom stereocenters. The van der Waals surface area contributed by atoms with Gasteiger partial charge in [-0.3, -0.25) is 0 Å². The van der Waals surface area contributed by atoms with Crippen LogP contribution >= 0.6 is 0 Å². The molecule has 0 amide bonds. The van der Waals surface area contributed by atoms with E-state index >= 15 is 0 Å². The molecule has 2 aliphatic heterocycles. The molecule has 0 aromatic heterocycles. The van der Waals surface area contributed by atoms with Crippen molar-refractivity contribution >= 4 is 0 Å². The Morgan fingerprint density at radius 1 is 1.00 bits per heavy atom. The van der Waals surface area contributed by atoms with E-state index in [9.17, 15) is 0 Å². The molecule has 2 heteroatoms. The number of piperidine rings is 1. The topological polar surface area (TPSA) is 15.3 Å². The summed E-state index contributed by atoms with van der Waals surface area (Å²) >= 11 is 0. The fraction of sp³-hybridized carbons (Fsp3) is 1.00. The predicted octanol–water partition coefficient (Wildman–Crippen LogP) is 2.89. The normalized spacial score (nSPS) is 25.7. The minimum atomic E-state index is 0.717. The molecule has 2 saturated heterocycles. The Balaban J connectivity index is 0.000000606. The molecule has 0 atom stereocenters. The molecule has 2 fully saturated rings. The molecule has 16 heavy (non-hydrogen) atoms. The number of hydrogen-bond donors (Lipinski definition) is 1. The van der Waals surface area contributed by atoms with Crippen molar-refractivity contribution in [2.45, 2.75) is 52.9 Å². The molecular formula is C14H30N2. The molecule has 1 spiro atoms. The molecule has 2 aliphatic rings. The zero-order chi connectivity index (χ0) is 11.9. The highest BCUT2D eigenvalue weighted by Crippen LogP contribution is 2.39. The minimum Gasteiger partial charge on any atom is -0.317 e. The third-order valence-electron chi connectivity index (χ3n) is 4.25. The first-order chi connectivity index (χ1) is 7.85. The highest BCUT2D eigenvalue weighted by molar-refractivity contribution is 4.87. The van der Waals surface area contributed by atoms with E-state index in [1.807, 2.05) is 13.8 Å². The van der Waals surface area contributed by atoms with Gasteiger partial charge in [-0.15, -0.1) is 0 Å². The number of hydrogen-bond acceptors (Lipinski definition) is 2. The Morgan fingerprint density at radius 2 is 1.69 bits per heavy atom. The lowest BCUT2D eigenvalue weighted by atomic mass is 9.73. The summed E-state index contributed by atoms with van der Waals surface area (Å²) in [5.41, 5.74) is 0.717. The van der Waals surface area contributed by atoms with Crippen LogP contribution in [0.3, 0.4) is 0 Å². The standard InChI is InChI=1S/C12H24N2.C2H6/c1-2-14-10-3-4-12(7-11-14)5-8-13-9-6-12;1-2/h13H,2-11H2,1H3;1-2H3. The summed E-state index contributed by atoms with van der Waals surface area (Å²) in [6.07, 6.45) is 7.19. The smallest absolute Gasteiger partial charge is 0.00135 e. The van der Waals surface area contributed by atoms with Crippen molar-refractivity contribution in [1.29, 1.82) is 0 Å². The summed E-state index contributed by atoms with van der Waals surface area (Å²) in [7, 11) is 0. The van der Waals surface area contributed by atoms with Crippen molar-refractivity contribution in [2.24, 2.45) is 5.41 Å². The third kappa shape index (κ3) is 3.74. The van der Waals surface area contributed by atoms with Crippen molar-refractivity contribution in [2.75, 3.05) is 32.7 Å². The van der Waals surface area contributed by atoms with E-state index in [1.165, 1.54) is 64.8 Å². The average molecular weight is 226 g/mol. The van der Waals surface area contributed by atoms with E-state index in [0.717, 1.165) is 5.41 Å². The van der Waals surface area contributed by atoms with Gasteiger partial charge in [-0.1, -0.05) is 20.8 Å². The summed E-state index contributed by atoms with van der Waals surface area (Å²) < 4.78 is 0. The SMILES string of the molecule is CC.CCN1CCCC2(CCNCC2)CC1. The second-order valence-electron chi connectivity index (χ2n) is 5.04. The monoisotopic (exact) mass is 226 g/mol. The van der Waals surface area contributed by atoms with Crippen LogP contribution in [0.5, 0.6) is 0 Å². The van der Waals surface area contributed by atoms with Gasteiger partial charge in [0, 0.05) is 0 Å². The van der Waals surface area contributed by atoms with Gasteiger partial charge in [0.15, 0.2) is 0 Å². The summed E-state index contributed by atoms with van der Waals surface area (Å²) in [5, 5.41) is 3.49. The van der Waals surface area contributed by atoms with E-state index in [4.69, 9.17) is 0 Å². The van der Waals surface area contributed by atoms with Gasteiger partial charge in [-0.2, -0.15) is 0 Å². The Labute approximate surface area is 102 Å². The fourth-order valence-electron chi connectivity index (χ4n) is 3.08. The van der Waals surface area contributed by atoms with Crippen LogP contribution in [0.15, 0.2) is 0 Å². The molecule has 2 nitrogen and oxygen atoms in total. The maximum Gasteiger partial charge on any atom is -0.00135 e. The Kier molecular flexibility index (Phi) is 6.37. The van der Waals surface area contributed by atoms with Crippen molar-refractivity contribution < 1.29 is 0 Å². The first-order valence-electron chi connectivity index (χ1n) is 7.28. The van der Waals surface area contributed by atoms with E-state index in [1.54, 1.807) is 0 Å². The first-order valence-corrected chi connectivity index (χ1v) is 7.28. The lowest BCUT2D eigenvalue weighted by molar-refractivity contribution is 0.169. The van der Waals surface area contributed by atoms with Crippen LogP contribution in [0.1, 0.15) is 52.9 Å². The van der Waals surface area contributed by atoms with Crippen LogP contribution in [0.4, 0.5) is 0 Å². The van der Waals surface area contributed by atoms with Gasteiger partial charge in [0.25, 0.3) is 0 Å². The maximum atomic E-state index is 3.49. The number of likely N-dealkylation sites (tertiary alicyclic amines) is 1. The second-order valence-corrected chi connectivity index (χ2v) is 5.04. The van der Waals surface area contributed by atoms with Gasteiger partial charge >= 0.3 is 0 Å². The average Bonchev–Trinajstić information content (AvgIpc) is 2.56. The zero-order valence-electron chi connectivity index (χ0n) is 11.5. The van der Waals surface area contributed by atoms with Crippen LogP contribution in [0.2, 0.25) is 0 Å². The van der Waals surface area contributed by atoms with Gasteiger partial charge in [-0.05, 0) is 70.2 Å². The van der Waals surface area contributed by atoms with Crippen LogP contribution in [0, 0.1) is 5.41 Å². The predicted molar refractivity (Wildman–Crippen MR) is 71.8 cm³/mol. The molecule has 0 saturated carbocycles. The molecule has 2 rings (SSSR count). The molecule has 0 bridgehead atoms. The van der Waals surface area contributed by atoms with Crippen LogP contribution in [-0.4, -0.2) is 37.6 Å². The minimum absolute atomic E-state index is 0.717. The maximum absolute atomic E-state index is 3.49. The lowest BCUT2D eigenvalue weighted by Gasteiger charge is -2.37. The summed E-state index contributed by atoms with van der Waals surface area (Å²) in [6, 6.07) is 0. The van der Waals surface area contributed by atoms with E-state index in [-0.39, 0.29) is 0 Å². The lowest BCUT2D eigenvalue weighted by Crippen LogP contribution is -2.37. The van der Waals surface area contributed by atoms with E-state index in [2.05, 4.69) is 17.1 Å². The fourth-order valence-corrected chi connectivity index (χ4v) is 3.08. The highest BCUT2D eigenvalue weighted by Gasteiger charge is 2.33. The molecule has 1 N–H and O–H groups in total. The molecule has 2 heterocycles. The second kappa shape index (κ2) is 7.29. The summed E-state index contributed by atoms with van der Waals surface area (Å²) in [6.45, 7) is 12.7. The molecule has 0 aromatic rings. The van der Waals surface area contributed by atoms with Gasteiger partial charge in [0.2, 0.25) is 0 Å². The van der Waals surface area contributed by atoms with Gasteiger partial charge in [0.1, 0.15) is 0 Å². The summed E-state index contributed by atoms with van der Waals surface area (Å²) in [4.78, 5) is 2.62. The molecule has 0 radical (unpaired) electrons. The van der Waals surface area contributed by atoms with Crippen LogP contribution < -0.4 is 5.32 Å². The van der Waals surface area contributed by atoms with Crippen molar-refractivity contribution in [3.63, 3.8) is 0 Å². The number of rotatable bonds is 1. The molecule has 0 aliphatic carbocycles. The van der Waals surface area contributed by atoms with Gasteiger partial charge in [-0.25, -0.2) is 0 Å². The largest absolute Gasteiger partial charge is 0.317 e. The van der Waals surface area contributed by atoms with E-state index < -0.39 is 0 Å². The molecule has 96 valence electrons. The van der Waals surface area contributed by atoms with Crippen LogP contribution in [-0.2, 0) is 0 Å². The molecular weight excluding hydrogens is 196 g/mol. The Bertz CT molecular complexity index is 174. The number of nitrogens with zero attached hydrogens (tertiary/aromatic N) is 1. The highest BCUT2D eigenvalue weighted by atomic mass is 15.1. The Hall–Kier alpha value is -0.0800. The molecule has 0 aromatic carbocycles. The van der Waals surface area contributed by atoms with E-state index in [0.29, 0.717) is 0 Å². The van der Waals surface area contributed by atoms with Gasteiger partial charge < -0.3 is 10.2 Å². The van der Waals surface area contributed by atoms with Crippen molar-refractivity contribution in [3.8, 4) is 0 Å². The quantitative estimate of drug-likeness (QED) is 0.739.